The summed E-state index contributed by atoms with van der Waals surface area (Å²) in [5, 5.41) is 3.44. The van der Waals surface area contributed by atoms with Crippen LogP contribution < -0.4 is 5.32 Å². The Morgan fingerprint density at radius 3 is 2.15 bits per heavy atom. The number of piperazine rings is 1. The number of hydrogen-bond donors (Lipinski definition) is 1. The molecule has 3 fully saturated rings. The lowest BCUT2D eigenvalue weighted by Gasteiger charge is -2.38. The number of nitrogens with zero attached hydrogens (tertiary/aromatic N) is 2. The number of carbonyl (C=O) groups is 1. The highest BCUT2D eigenvalue weighted by atomic mass is 16.2. The van der Waals surface area contributed by atoms with Gasteiger partial charge in [0.05, 0.1) is 6.54 Å². The summed E-state index contributed by atoms with van der Waals surface area (Å²) >= 11 is 0. The van der Waals surface area contributed by atoms with Crippen LogP contribution in [-0.2, 0) is 4.79 Å². The number of rotatable bonds is 4. The average molecular weight is 279 g/mol. The van der Waals surface area contributed by atoms with Crippen LogP contribution in [0.3, 0.4) is 0 Å². The molecule has 0 radical (unpaired) electrons. The van der Waals surface area contributed by atoms with Crippen LogP contribution >= 0.6 is 0 Å². The van der Waals surface area contributed by atoms with Gasteiger partial charge in [-0.2, -0.15) is 0 Å². The second-order valence-corrected chi connectivity index (χ2v) is 6.72. The second kappa shape index (κ2) is 6.90. The minimum absolute atomic E-state index is 0.308. The third-order valence-electron chi connectivity index (χ3n) is 5.41. The summed E-state index contributed by atoms with van der Waals surface area (Å²) in [5.41, 5.74) is 0. The maximum atomic E-state index is 12.2. The van der Waals surface area contributed by atoms with Crippen LogP contribution in [0.4, 0.5) is 0 Å². The van der Waals surface area contributed by atoms with Crippen LogP contribution in [0, 0.1) is 0 Å². The summed E-state index contributed by atoms with van der Waals surface area (Å²) in [7, 11) is 0. The lowest BCUT2D eigenvalue weighted by molar-refractivity contribution is -0.132. The third-order valence-corrected chi connectivity index (χ3v) is 5.41. The molecule has 0 aromatic rings. The largest absolute Gasteiger partial charge is 0.339 e. The van der Waals surface area contributed by atoms with Gasteiger partial charge in [0.15, 0.2) is 0 Å². The van der Waals surface area contributed by atoms with Crippen molar-refractivity contribution in [1.29, 1.82) is 0 Å². The molecule has 0 unspecified atom stereocenters. The van der Waals surface area contributed by atoms with Gasteiger partial charge in [0.25, 0.3) is 0 Å². The Morgan fingerprint density at radius 1 is 0.900 bits per heavy atom. The quantitative estimate of drug-likeness (QED) is 0.849. The Balaban J connectivity index is 1.37. The van der Waals surface area contributed by atoms with E-state index in [4.69, 9.17) is 0 Å². The molecule has 4 nitrogen and oxygen atoms in total. The summed E-state index contributed by atoms with van der Waals surface area (Å²) in [4.78, 5) is 16.9. The predicted octanol–water partition coefficient (Wildman–Crippen LogP) is 1.61. The molecule has 0 bridgehead atoms. The minimum atomic E-state index is 0.308. The van der Waals surface area contributed by atoms with Gasteiger partial charge in [-0.15, -0.1) is 0 Å². The van der Waals surface area contributed by atoms with Crippen LogP contribution in [0.2, 0.25) is 0 Å². The SMILES string of the molecule is O=C(CNC1CCCC1)N1CCN(C2CCCC2)CC1. The maximum absolute atomic E-state index is 12.2. The first kappa shape index (κ1) is 14.3. The van der Waals surface area contributed by atoms with Crippen molar-refractivity contribution in [2.24, 2.45) is 0 Å². The van der Waals surface area contributed by atoms with Gasteiger partial charge in [-0.05, 0) is 25.7 Å². The molecule has 0 spiro atoms. The van der Waals surface area contributed by atoms with Gasteiger partial charge in [-0.25, -0.2) is 0 Å². The zero-order valence-corrected chi connectivity index (χ0v) is 12.6. The van der Waals surface area contributed by atoms with E-state index in [0.29, 0.717) is 18.5 Å². The van der Waals surface area contributed by atoms with Gasteiger partial charge in [0, 0.05) is 38.3 Å². The maximum Gasteiger partial charge on any atom is 0.236 e. The molecular weight excluding hydrogens is 250 g/mol. The Bertz CT molecular complexity index is 314. The van der Waals surface area contributed by atoms with E-state index in [1.807, 2.05) is 0 Å². The van der Waals surface area contributed by atoms with Crippen molar-refractivity contribution in [2.45, 2.75) is 63.5 Å². The standard InChI is InChI=1S/C16H29N3O/c20-16(13-17-14-5-1-2-6-14)19-11-9-18(10-12-19)15-7-3-4-8-15/h14-15,17H,1-13H2. The van der Waals surface area contributed by atoms with Crippen molar-refractivity contribution in [3.05, 3.63) is 0 Å². The summed E-state index contributed by atoms with van der Waals surface area (Å²) in [5.74, 6) is 0.308. The first-order valence-electron chi connectivity index (χ1n) is 8.58. The molecule has 3 aliphatic rings. The highest BCUT2D eigenvalue weighted by molar-refractivity contribution is 5.78. The van der Waals surface area contributed by atoms with Gasteiger partial charge < -0.3 is 10.2 Å². The molecule has 4 heteroatoms. The van der Waals surface area contributed by atoms with Crippen LogP contribution in [-0.4, -0.2) is 60.5 Å². The van der Waals surface area contributed by atoms with E-state index in [2.05, 4.69) is 15.1 Å². The average Bonchev–Trinajstić information content (AvgIpc) is 3.18. The molecule has 1 amide bonds. The van der Waals surface area contributed by atoms with Crippen molar-refractivity contribution in [2.75, 3.05) is 32.7 Å². The van der Waals surface area contributed by atoms with Crippen molar-refractivity contribution in [3.63, 3.8) is 0 Å². The summed E-state index contributed by atoms with van der Waals surface area (Å²) in [6.07, 6.45) is 10.7. The van der Waals surface area contributed by atoms with E-state index >= 15 is 0 Å². The summed E-state index contributed by atoms with van der Waals surface area (Å²) < 4.78 is 0. The lowest BCUT2D eigenvalue weighted by atomic mass is 10.2. The number of carbonyl (C=O) groups excluding carboxylic acids is 1. The van der Waals surface area contributed by atoms with Gasteiger partial charge in [0.2, 0.25) is 5.91 Å². The smallest absolute Gasteiger partial charge is 0.236 e. The molecule has 20 heavy (non-hydrogen) atoms. The second-order valence-electron chi connectivity index (χ2n) is 6.72. The van der Waals surface area contributed by atoms with Crippen LogP contribution in [0.1, 0.15) is 51.4 Å². The molecule has 2 saturated carbocycles. The highest BCUT2D eigenvalue weighted by Crippen LogP contribution is 2.24. The predicted molar refractivity (Wildman–Crippen MR) is 80.7 cm³/mol. The lowest BCUT2D eigenvalue weighted by Crippen LogP contribution is -2.53. The highest BCUT2D eigenvalue weighted by Gasteiger charge is 2.27. The van der Waals surface area contributed by atoms with Crippen molar-refractivity contribution < 1.29 is 4.79 Å². The van der Waals surface area contributed by atoms with E-state index in [-0.39, 0.29) is 0 Å². The summed E-state index contributed by atoms with van der Waals surface area (Å²) in [6, 6.07) is 1.41. The Kier molecular flexibility index (Phi) is 4.94. The molecule has 1 N–H and O–H groups in total. The molecule has 1 aliphatic heterocycles. The Morgan fingerprint density at radius 2 is 1.50 bits per heavy atom. The normalized spacial score (nSPS) is 26.5. The van der Waals surface area contributed by atoms with Gasteiger partial charge >= 0.3 is 0 Å². The number of hydrogen-bond acceptors (Lipinski definition) is 3. The topological polar surface area (TPSA) is 35.6 Å². The monoisotopic (exact) mass is 279 g/mol. The number of amides is 1. The molecule has 0 aromatic carbocycles. The fourth-order valence-electron chi connectivity index (χ4n) is 4.08. The fourth-order valence-corrected chi connectivity index (χ4v) is 4.08. The van der Waals surface area contributed by atoms with E-state index in [1.165, 1.54) is 51.4 Å². The van der Waals surface area contributed by atoms with E-state index in [1.54, 1.807) is 0 Å². The van der Waals surface area contributed by atoms with Crippen LogP contribution in [0.5, 0.6) is 0 Å². The third kappa shape index (κ3) is 3.53. The Hall–Kier alpha value is -0.610. The minimum Gasteiger partial charge on any atom is -0.339 e. The first-order chi connectivity index (χ1) is 9.83. The van der Waals surface area contributed by atoms with Crippen molar-refractivity contribution >= 4 is 5.91 Å². The Labute approximate surface area is 122 Å². The summed E-state index contributed by atoms with van der Waals surface area (Å²) in [6.45, 7) is 4.58. The molecule has 2 aliphatic carbocycles. The number of nitrogens with one attached hydrogen (secondary N) is 1. The molecule has 1 heterocycles. The van der Waals surface area contributed by atoms with Crippen LogP contribution in [0.25, 0.3) is 0 Å². The van der Waals surface area contributed by atoms with Crippen molar-refractivity contribution in [3.8, 4) is 0 Å². The molecular formula is C16H29N3O. The molecule has 0 atom stereocenters. The zero-order valence-electron chi connectivity index (χ0n) is 12.6. The first-order valence-corrected chi connectivity index (χ1v) is 8.58. The molecule has 3 rings (SSSR count). The molecule has 1 saturated heterocycles. The van der Waals surface area contributed by atoms with Crippen LogP contribution in [0.15, 0.2) is 0 Å². The van der Waals surface area contributed by atoms with E-state index in [0.717, 1.165) is 32.2 Å². The van der Waals surface area contributed by atoms with Crippen molar-refractivity contribution in [1.82, 2.24) is 15.1 Å². The zero-order chi connectivity index (χ0) is 13.8. The van der Waals surface area contributed by atoms with Gasteiger partial charge in [-0.3, -0.25) is 9.69 Å². The molecule has 0 aromatic heterocycles. The fraction of sp³-hybridized carbons (Fsp3) is 0.938. The van der Waals surface area contributed by atoms with E-state index in [9.17, 15) is 4.79 Å². The molecule has 114 valence electrons. The van der Waals surface area contributed by atoms with E-state index < -0.39 is 0 Å². The van der Waals surface area contributed by atoms with Gasteiger partial charge in [-0.1, -0.05) is 25.7 Å². The van der Waals surface area contributed by atoms with Gasteiger partial charge in [0.1, 0.15) is 0 Å².